The molecule has 1 unspecified atom stereocenters. The Morgan fingerprint density at radius 3 is 2.25 bits per heavy atom. The molecule has 0 aromatic carbocycles. The van der Waals surface area contributed by atoms with Crippen LogP contribution in [0.5, 0.6) is 0 Å². The summed E-state index contributed by atoms with van der Waals surface area (Å²) in [7, 11) is 4.09. The molecule has 0 fully saturated rings. The first-order valence-electron chi connectivity index (χ1n) is 4.57. The Bertz CT molecular complexity index is 105. The van der Waals surface area contributed by atoms with Crippen LogP contribution in [0.25, 0.3) is 0 Å². The monoisotopic (exact) mass is 174 g/mol. The van der Waals surface area contributed by atoms with Gasteiger partial charge in [-0.3, -0.25) is 0 Å². The van der Waals surface area contributed by atoms with Gasteiger partial charge in [-0.1, -0.05) is 13.8 Å². The van der Waals surface area contributed by atoms with E-state index in [1.54, 1.807) is 0 Å². The van der Waals surface area contributed by atoms with Crippen LogP contribution in [0.4, 0.5) is 0 Å². The SMILES string of the molecule is CC(C)C(CO)NCCN(C)C. The van der Waals surface area contributed by atoms with Crippen LogP contribution in [0.2, 0.25) is 0 Å². The van der Waals surface area contributed by atoms with Gasteiger partial charge in [-0.2, -0.15) is 0 Å². The number of aliphatic hydroxyl groups is 1. The fraction of sp³-hybridized carbons (Fsp3) is 1.00. The molecule has 12 heavy (non-hydrogen) atoms. The Labute approximate surface area is 75.8 Å². The highest BCUT2D eigenvalue weighted by Gasteiger charge is 2.09. The van der Waals surface area contributed by atoms with Crippen molar-refractivity contribution in [2.45, 2.75) is 19.9 Å². The topological polar surface area (TPSA) is 35.5 Å². The molecule has 0 aliphatic heterocycles. The lowest BCUT2D eigenvalue weighted by Crippen LogP contribution is -2.40. The van der Waals surface area contributed by atoms with Crippen molar-refractivity contribution >= 4 is 0 Å². The minimum Gasteiger partial charge on any atom is -0.395 e. The Kier molecular flexibility index (Phi) is 6.34. The van der Waals surface area contributed by atoms with Gasteiger partial charge in [-0.15, -0.1) is 0 Å². The molecule has 0 aromatic rings. The fourth-order valence-corrected chi connectivity index (χ4v) is 0.985. The van der Waals surface area contributed by atoms with Crippen molar-refractivity contribution in [2.75, 3.05) is 33.8 Å². The van der Waals surface area contributed by atoms with E-state index in [9.17, 15) is 0 Å². The molecule has 0 saturated carbocycles. The van der Waals surface area contributed by atoms with E-state index in [0.717, 1.165) is 13.1 Å². The lowest BCUT2D eigenvalue weighted by atomic mass is 10.1. The van der Waals surface area contributed by atoms with Crippen molar-refractivity contribution in [2.24, 2.45) is 5.92 Å². The van der Waals surface area contributed by atoms with Crippen LogP contribution < -0.4 is 5.32 Å². The highest BCUT2D eigenvalue weighted by molar-refractivity contribution is 4.69. The number of hydrogen-bond acceptors (Lipinski definition) is 3. The molecule has 0 radical (unpaired) electrons. The molecule has 0 saturated heterocycles. The van der Waals surface area contributed by atoms with E-state index in [4.69, 9.17) is 5.11 Å². The maximum atomic E-state index is 8.99. The first-order chi connectivity index (χ1) is 5.57. The van der Waals surface area contributed by atoms with Crippen LogP contribution in [-0.2, 0) is 0 Å². The van der Waals surface area contributed by atoms with E-state index in [2.05, 4.69) is 24.1 Å². The summed E-state index contributed by atoms with van der Waals surface area (Å²) in [5, 5.41) is 12.3. The van der Waals surface area contributed by atoms with Gasteiger partial charge in [0.2, 0.25) is 0 Å². The van der Waals surface area contributed by atoms with Crippen LogP contribution in [0.1, 0.15) is 13.8 Å². The Balaban J connectivity index is 3.45. The second-order valence-corrected chi connectivity index (χ2v) is 3.79. The minimum absolute atomic E-state index is 0.227. The predicted molar refractivity (Wildman–Crippen MR) is 52.3 cm³/mol. The summed E-state index contributed by atoms with van der Waals surface area (Å²) in [6, 6.07) is 0.241. The molecule has 3 nitrogen and oxygen atoms in total. The first-order valence-corrected chi connectivity index (χ1v) is 4.57. The highest BCUT2D eigenvalue weighted by atomic mass is 16.3. The number of nitrogens with zero attached hydrogens (tertiary/aromatic N) is 1. The van der Waals surface area contributed by atoms with Crippen molar-refractivity contribution < 1.29 is 5.11 Å². The largest absolute Gasteiger partial charge is 0.395 e. The minimum atomic E-state index is 0.227. The zero-order valence-corrected chi connectivity index (χ0v) is 8.67. The van der Waals surface area contributed by atoms with Gasteiger partial charge >= 0.3 is 0 Å². The number of hydrogen-bond donors (Lipinski definition) is 2. The zero-order chi connectivity index (χ0) is 9.56. The maximum Gasteiger partial charge on any atom is 0.0587 e. The molecule has 74 valence electrons. The molecule has 0 aliphatic carbocycles. The quantitative estimate of drug-likeness (QED) is 0.602. The zero-order valence-electron chi connectivity index (χ0n) is 8.67. The summed E-state index contributed by atoms with van der Waals surface area (Å²) < 4.78 is 0. The third-order valence-corrected chi connectivity index (χ3v) is 1.97. The molecular formula is C9H22N2O. The molecule has 0 rings (SSSR count). The molecule has 0 amide bonds. The number of aliphatic hydroxyl groups excluding tert-OH is 1. The summed E-state index contributed by atoms with van der Waals surface area (Å²) >= 11 is 0. The third kappa shape index (κ3) is 5.52. The lowest BCUT2D eigenvalue weighted by Gasteiger charge is -2.21. The average molecular weight is 174 g/mol. The van der Waals surface area contributed by atoms with Gasteiger partial charge in [0, 0.05) is 19.1 Å². The summed E-state index contributed by atoms with van der Waals surface area (Å²) in [4.78, 5) is 2.13. The van der Waals surface area contributed by atoms with Crippen LogP contribution in [0.15, 0.2) is 0 Å². The van der Waals surface area contributed by atoms with Gasteiger partial charge in [0.15, 0.2) is 0 Å². The van der Waals surface area contributed by atoms with E-state index < -0.39 is 0 Å². The Morgan fingerprint density at radius 1 is 1.33 bits per heavy atom. The van der Waals surface area contributed by atoms with Crippen molar-refractivity contribution in [3.63, 3.8) is 0 Å². The number of nitrogens with one attached hydrogen (secondary N) is 1. The second kappa shape index (κ2) is 6.40. The van der Waals surface area contributed by atoms with E-state index >= 15 is 0 Å². The highest BCUT2D eigenvalue weighted by Crippen LogP contribution is 1.99. The molecular weight excluding hydrogens is 152 g/mol. The Morgan fingerprint density at radius 2 is 1.92 bits per heavy atom. The normalized spacial score (nSPS) is 14.2. The van der Waals surface area contributed by atoms with Crippen LogP contribution >= 0.6 is 0 Å². The standard InChI is InChI=1S/C9H22N2O/c1-8(2)9(7-12)10-5-6-11(3)4/h8-10,12H,5-7H2,1-4H3. The smallest absolute Gasteiger partial charge is 0.0587 e. The molecule has 0 aromatic heterocycles. The molecule has 3 heteroatoms. The fourth-order valence-electron chi connectivity index (χ4n) is 0.985. The van der Waals surface area contributed by atoms with Gasteiger partial charge < -0.3 is 15.3 Å². The van der Waals surface area contributed by atoms with Gasteiger partial charge in [0.25, 0.3) is 0 Å². The van der Waals surface area contributed by atoms with Gasteiger partial charge in [-0.05, 0) is 20.0 Å². The van der Waals surface area contributed by atoms with Gasteiger partial charge in [0.05, 0.1) is 6.61 Å². The first kappa shape index (κ1) is 11.9. The van der Waals surface area contributed by atoms with Crippen molar-refractivity contribution in [3.05, 3.63) is 0 Å². The maximum absolute atomic E-state index is 8.99. The molecule has 0 spiro atoms. The van der Waals surface area contributed by atoms with Gasteiger partial charge in [-0.25, -0.2) is 0 Å². The van der Waals surface area contributed by atoms with Crippen molar-refractivity contribution in [1.29, 1.82) is 0 Å². The molecule has 0 bridgehead atoms. The summed E-state index contributed by atoms with van der Waals surface area (Å²) in [6.07, 6.45) is 0. The predicted octanol–water partition coefficient (Wildman–Crippen LogP) is 0.155. The van der Waals surface area contributed by atoms with E-state index in [0.29, 0.717) is 5.92 Å². The lowest BCUT2D eigenvalue weighted by molar-refractivity contribution is 0.207. The summed E-state index contributed by atoms with van der Waals surface area (Å²) in [6.45, 7) is 6.41. The Hall–Kier alpha value is -0.120. The van der Waals surface area contributed by atoms with Crippen LogP contribution in [-0.4, -0.2) is 49.8 Å². The van der Waals surface area contributed by atoms with E-state index in [1.807, 2.05) is 14.1 Å². The second-order valence-electron chi connectivity index (χ2n) is 3.79. The average Bonchev–Trinajstić information content (AvgIpc) is 1.96. The van der Waals surface area contributed by atoms with Crippen LogP contribution in [0, 0.1) is 5.92 Å². The molecule has 2 N–H and O–H groups in total. The van der Waals surface area contributed by atoms with Gasteiger partial charge in [0.1, 0.15) is 0 Å². The van der Waals surface area contributed by atoms with Crippen molar-refractivity contribution in [1.82, 2.24) is 10.2 Å². The molecule has 1 atom stereocenters. The number of rotatable bonds is 6. The summed E-state index contributed by atoms with van der Waals surface area (Å²) in [5.74, 6) is 0.497. The number of likely N-dealkylation sites (N-methyl/N-ethyl adjacent to an activating group) is 1. The molecule has 0 aliphatic rings. The van der Waals surface area contributed by atoms with Crippen LogP contribution in [0.3, 0.4) is 0 Å². The summed E-state index contributed by atoms with van der Waals surface area (Å²) in [5.41, 5.74) is 0. The van der Waals surface area contributed by atoms with E-state index in [1.165, 1.54) is 0 Å². The molecule has 0 heterocycles. The van der Waals surface area contributed by atoms with E-state index in [-0.39, 0.29) is 12.6 Å². The third-order valence-electron chi connectivity index (χ3n) is 1.97. The van der Waals surface area contributed by atoms with Crippen molar-refractivity contribution in [3.8, 4) is 0 Å².